The molecule has 5 nitrogen and oxygen atoms in total. The van der Waals surface area contributed by atoms with E-state index in [-0.39, 0.29) is 18.4 Å². The normalized spacial score (nSPS) is 17.1. The molecule has 0 atom stereocenters. The quantitative estimate of drug-likeness (QED) is 0.776. The van der Waals surface area contributed by atoms with Gasteiger partial charge in [-0.25, -0.2) is 4.98 Å². The molecule has 90 valence electrons. The molecule has 5 heteroatoms. The Morgan fingerprint density at radius 1 is 1.24 bits per heavy atom. The Morgan fingerprint density at radius 2 is 1.88 bits per heavy atom. The summed E-state index contributed by atoms with van der Waals surface area (Å²) in [4.78, 5) is 28.8. The molecular weight excluding hydrogens is 218 g/mol. The van der Waals surface area contributed by atoms with E-state index < -0.39 is 0 Å². The number of hydrogen-bond acceptors (Lipinski definition) is 4. The van der Waals surface area contributed by atoms with Crippen LogP contribution in [-0.2, 0) is 16.1 Å². The van der Waals surface area contributed by atoms with Crippen molar-refractivity contribution in [2.45, 2.75) is 32.2 Å². The van der Waals surface area contributed by atoms with Crippen molar-refractivity contribution in [3.63, 3.8) is 0 Å². The molecule has 17 heavy (non-hydrogen) atoms. The summed E-state index contributed by atoms with van der Waals surface area (Å²) in [6, 6.07) is 3.53. The van der Waals surface area contributed by atoms with Crippen LogP contribution in [0.1, 0.15) is 31.2 Å². The highest BCUT2D eigenvalue weighted by Gasteiger charge is 2.24. The highest BCUT2D eigenvalue weighted by atomic mass is 16.2. The Hall–Kier alpha value is -1.91. The second-order valence-electron chi connectivity index (χ2n) is 4.13. The molecule has 2 amide bonds. The lowest BCUT2D eigenvalue weighted by Gasteiger charge is -2.19. The van der Waals surface area contributed by atoms with Crippen LogP contribution >= 0.6 is 0 Å². The Morgan fingerprint density at radius 3 is 2.47 bits per heavy atom. The number of nitrogens with two attached hydrogens (primary N) is 1. The van der Waals surface area contributed by atoms with Crippen molar-refractivity contribution >= 4 is 17.6 Å². The van der Waals surface area contributed by atoms with Crippen LogP contribution in [0.25, 0.3) is 0 Å². The van der Waals surface area contributed by atoms with Crippen molar-refractivity contribution in [1.82, 2.24) is 9.88 Å². The van der Waals surface area contributed by atoms with Gasteiger partial charge in [-0.3, -0.25) is 14.5 Å². The summed E-state index contributed by atoms with van der Waals surface area (Å²) < 4.78 is 0. The second kappa shape index (κ2) is 4.95. The van der Waals surface area contributed by atoms with E-state index in [1.54, 1.807) is 18.3 Å². The molecule has 2 rings (SSSR count). The summed E-state index contributed by atoms with van der Waals surface area (Å²) in [5.74, 6) is 0.142. The monoisotopic (exact) mass is 233 g/mol. The van der Waals surface area contributed by atoms with Crippen LogP contribution in [0.2, 0.25) is 0 Å². The first-order valence-corrected chi connectivity index (χ1v) is 5.71. The lowest BCUT2D eigenvalue weighted by molar-refractivity contribution is -0.144. The highest BCUT2D eigenvalue weighted by Crippen LogP contribution is 2.17. The number of carbonyl (C=O) groups is 2. The maximum absolute atomic E-state index is 11.8. The van der Waals surface area contributed by atoms with Crippen molar-refractivity contribution in [3.8, 4) is 0 Å². The van der Waals surface area contributed by atoms with Gasteiger partial charge in [0, 0.05) is 24.6 Å². The molecule has 2 N–H and O–H groups in total. The number of hydrogen-bond donors (Lipinski definition) is 1. The average Bonchev–Trinajstić information content (AvgIpc) is 2.47. The van der Waals surface area contributed by atoms with Crippen molar-refractivity contribution in [2.24, 2.45) is 0 Å². The summed E-state index contributed by atoms with van der Waals surface area (Å²) in [5, 5.41) is 0. The minimum absolute atomic E-state index is 0.115. The number of pyridine rings is 1. The molecule has 1 aromatic rings. The maximum atomic E-state index is 11.8. The first kappa shape index (κ1) is 11.6. The predicted molar refractivity (Wildman–Crippen MR) is 62.7 cm³/mol. The largest absolute Gasteiger partial charge is 0.383 e. The van der Waals surface area contributed by atoms with Gasteiger partial charge in [-0.2, -0.15) is 0 Å². The average molecular weight is 233 g/mol. The molecule has 0 radical (unpaired) electrons. The number of anilines is 1. The third-order valence-corrected chi connectivity index (χ3v) is 2.89. The van der Waals surface area contributed by atoms with E-state index in [2.05, 4.69) is 4.98 Å². The van der Waals surface area contributed by atoms with Crippen molar-refractivity contribution in [1.29, 1.82) is 0 Å². The number of aromatic nitrogens is 1. The zero-order valence-corrected chi connectivity index (χ0v) is 9.56. The number of nitrogens with zero attached hydrogens (tertiary/aromatic N) is 2. The second-order valence-corrected chi connectivity index (χ2v) is 4.13. The van der Waals surface area contributed by atoms with Crippen LogP contribution in [-0.4, -0.2) is 21.7 Å². The van der Waals surface area contributed by atoms with Crippen LogP contribution in [0.5, 0.6) is 0 Å². The highest BCUT2D eigenvalue weighted by molar-refractivity contribution is 5.96. The van der Waals surface area contributed by atoms with Gasteiger partial charge in [-0.05, 0) is 18.9 Å². The first-order valence-electron chi connectivity index (χ1n) is 5.71. The Labute approximate surface area is 99.6 Å². The molecule has 1 fully saturated rings. The Bertz CT molecular complexity index is 427. The SMILES string of the molecule is Nc1ncccc1CN1C(=O)CCCCC1=O. The van der Waals surface area contributed by atoms with Crippen LogP contribution in [0.15, 0.2) is 18.3 Å². The molecule has 1 saturated heterocycles. The summed E-state index contributed by atoms with van der Waals surface area (Å²) in [6.45, 7) is 0.233. The van der Waals surface area contributed by atoms with E-state index in [0.29, 0.717) is 18.7 Å². The summed E-state index contributed by atoms with van der Waals surface area (Å²) in [7, 11) is 0. The molecular formula is C12H15N3O2. The van der Waals surface area contributed by atoms with E-state index in [0.717, 1.165) is 18.4 Å². The van der Waals surface area contributed by atoms with Crippen LogP contribution in [0, 0.1) is 0 Å². The summed E-state index contributed by atoms with van der Waals surface area (Å²) in [5.41, 5.74) is 6.43. The fraction of sp³-hybridized carbons (Fsp3) is 0.417. The van der Waals surface area contributed by atoms with Crippen LogP contribution in [0.4, 0.5) is 5.82 Å². The molecule has 0 unspecified atom stereocenters. The van der Waals surface area contributed by atoms with E-state index in [1.807, 2.05) is 0 Å². The van der Waals surface area contributed by atoms with Crippen molar-refractivity contribution in [3.05, 3.63) is 23.9 Å². The van der Waals surface area contributed by atoms with Gasteiger partial charge in [-0.15, -0.1) is 0 Å². The molecule has 0 saturated carbocycles. The van der Waals surface area contributed by atoms with Gasteiger partial charge in [0.1, 0.15) is 5.82 Å². The van der Waals surface area contributed by atoms with Crippen molar-refractivity contribution in [2.75, 3.05) is 5.73 Å². The zero-order valence-electron chi connectivity index (χ0n) is 9.56. The summed E-state index contributed by atoms with van der Waals surface area (Å²) in [6.07, 6.45) is 4.02. The van der Waals surface area contributed by atoms with Crippen LogP contribution < -0.4 is 5.73 Å². The molecule has 1 aliphatic heterocycles. The molecule has 0 bridgehead atoms. The number of likely N-dealkylation sites (tertiary alicyclic amines) is 1. The predicted octanol–water partition coefficient (Wildman–Crippen LogP) is 1.09. The first-order chi connectivity index (χ1) is 8.18. The van der Waals surface area contributed by atoms with Gasteiger partial charge >= 0.3 is 0 Å². The van der Waals surface area contributed by atoms with E-state index in [1.165, 1.54) is 4.90 Å². The smallest absolute Gasteiger partial charge is 0.229 e. The van der Waals surface area contributed by atoms with Gasteiger partial charge in [0.15, 0.2) is 0 Å². The lowest BCUT2D eigenvalue weighted by atomic mass is 10.2. The molecule has 1 aromatic heterocycles. The van der Waals surface area contributed by atoms with E-state index in [4.69, 9.17) is 5.73 Å². The van der Waals surface area contributed by atoms with Gasteiger partial charge in [0.05, 0.1) is 6.54 Å². The maximum Gasteiger partial charge on any atom is 0.229 e. The number of amides is 2. The third kappa shape index (κ3) is 2.61. The standard InChI is InChI=1S/C12H15N3O2/c13-12-9(4-3-7-14-12)8-15-10(16)5-1-2-6-11(15)17/h3-4,7H,1-2,5-6,8H2,(H2,13,14). The van der Waals surface area contributed by atoms with Crippen molar-refractivity contribution < 1.29 is 9.59 Å². The lowest BCUT2D eigenvalue weighted by Crippen LogP contribution is -2.34. The minimum atomic E-state index is -0.115. The minimum Gasteiger partial charge on any atom is -0.383 e. The van der Waals surface area contributed by atoms with Gasteiger partial charge in [-0.1, -0.05) is 6.07 Å². The van der Waals surface area contributed by atoms with E-state index in [9.17, 15) is 9.59 Å². The fourth-order valence-corrected chi connectivity index (χ4v) is 1.89. The topological polar surface area (TPSA) is 76.3 Å². The fourth-order valence-electron chi connectivity index (χ4n) is 1.89. The summed E-state index contributed by atoms with van der Waals surface area (Å²) >= 11 is 0. The molecule has 1 aliphatic rings. The molecule has 0 aromatic carbocycles. The number of imide groups is 1. The Balaban J connectivity index is 2.18. The zero-order chi connectivity index (χ0) is 12.3. The van der Waals surface area contributed by atoms with Crippen LogP contribution in [0.3, 0.4) is 0 Å². The number of rotatable bonds is 2. The van der Waals surface area contributed by atoms with Gasteiger partial charge in [0.25, 0.3) is 0 Å². The molecule has 0 aliphatic carbocycles. The third-order valence-electron chi connectivity index (χ3n) is 2.89. The molecule has 0 spiro atoms. The Kier molecular flexibility index (Phi) is 3.37. The van der Waals surface area contributed by atoms with E-state index >= 15 is 0 Å². The van der Waals surface area contributed by atoms with Gasteiger partial charge in [0.2, 0.25) is 11.8 Å². The number of nitrogen functional groups attached to an aromatic ring is 1. The van der Waals surface area contributed by atoms with Gasteiger partial charge < -0.3 is 5.73 Å². The molecule has 2 heterocycles. The number of carbonyl (C=O) groups excluding carboxylic acids is 2.